The lowest BCUT2D eigenvalue weighted by Crippen LogP contribution is -1.99. The summed E-state index contributed by atoms with van der Waals surface area (Å²) in [5, 5.41) is 21.6. The predicted molar refractivity (Wildman–Crippen MR) is 86.4 cm³/mol. The Morgan fingerprint density at radius 1 is 1.17 bits per heavy atom. The van der Waals surface area contributed by atoms with Gasteiger partial charge in [0.15, 0.2) is 0 Å². The molecule has 1 aromatic heterocycles. The minimum atomic E-state index is 0.625. The number of hydrogen-bond acceptors (Lipinski definition) is 6. The first-order valence-electron chi connectivity index (χ1n) is 6.85. The highest BCUT2D eigenvalue weighted by Gasteiger charge is 2.10. The molecule has 0 saturated heterocycles. The van der Waals surface area contributed by atoms with Crippen LogP contribution in [-0.4, -0.2) is 27.3 Å². The number of nitrogens with zero attached hydrogens (tertiary/aromatic N) is 5. The summed E-state index contributed by atoms with van der Waals surface area (Å²) in [5.41, 5.74) is 2.49. The second kappa shape index (κ2) is 6.94. The van der Waals surface area contributed by atoms with Crippen molar-refractivity contribution in [3.05, 3.63) is 59.7 Å². The highest BCUT2D eigenvalue weighted by atomic mass is 32.2. The first kappa shape index (κ1) is 15.1. The third-order valence-corrected chi connectivity index (χ3v) is 4.22. The molecule has 0 aliphatic rings. The zero-order valence-corrected chi connectivity index (χ0v) is 13.2. The highest BCUT2D eigenvalue weighted by Crippen LogP contribution is 2.24. The van der Waals surface area contributed by atoms with Gasteiger partial charge in [0.1, 0.15) is 5.75 Å². The average molecular weight is 323 g/mol. The number of nitriles is 1. The van der Waals surface area contributed by atoms with Gasteiger partial charge < -0.3 is 4.74 Å². The standard InChI is InChI=1S/C16H13N5OS/c1-22-15-8-6-14(7-9-15)21-16(18-19-20-21)23-11-13-5-3-2-4-12(13)10-17/h2-9H,11H2,1H3. The Balaban J connectivity index is 1.80. The highest BCUT2D eigenvalue weighted by molar-refractivity contribution is 7.98. The minimum Gasteiger partial charge on any atom is -0.497 e. The second-order valence-corrected chi connectivity index (χ2v) is 5.57. The third-order valence-electron chi connectivity index (χ3n) is 3.25. The zero-order valence-electron chi connectivity index (χ0n) is 12.4. The van der Waals surface area contributed by atoms with Crippen molar-refractivity contribution in [1.29, 1.82) is 5.26 Å². The third kappa shape index (κ3) is 3.33. The van der Waals surface area contributed by atoms with Crippen molar-refractivity contribution in [2.24, 2.45) is 0 Å². The van der Waals surface area contributed by atoms with E-state index in [1.165, 1.54) is 11.8 Å². The van der Waals surface area contributed by atoms with E-state index in [0.29, 0.717) is 16.5 Å². The van der Waals surface area contributed by atoms with E-state index in [9.17, 15) is 0 Å². The predicted octanol–water partition coefficient (Wildman–Crippen LogP) is 2.83. The molecule has 0 aliphatic heterocycles. The Bertz CT molecular complexity index is 838. The summed E-state index contributed by atoms with van der Waals surface area (Å²) in [6, 6.07) is 17.2. The van der Waals surface area contributed by atoms with Crippen molar-refractivity contribution in [1.82, 2.24) is 20.2 Å². The summed E-state index contributed by atoms with van der Waals surface area (Å²) in [6.07, 6.45) is 0. The van der Waals surface area contributed by atoms with Gasteiger partial charge in [0.05, 0.1) is 24.4 Å². The lowest BCUT2D eigenvalue weighted by molar-refractivity contribution is 0.414. The van der Waals surface area contributed by atoms with Gasteiger partial charge in [0.25, 0.3) is 0 Å². The molecule has 0 amide bonds. The molecule has 3 rings (SSSR count). The van der Waals surface area contributed by atoms with E-state index in [-0.39, 0.29) is 0 Å². The average Bonchev–Trinajstić information content (AvgIpc) is 3.08. The largest absolute Gasteiger partial charge is 0.497 e. The molecule has 0 radical (unpaired) electrons. The summed E-state index contributed by atoms with van der Waals surface area (Å²) in [5.74, 6) is 1.40. The topological polar surface area (TPSA) is 76.6 Å². The number of tetrazole rings is 1. The van der Waals surface area contributed by atoms with Crippen LogP contribution in [-0.2, 0) is 5.75 Å². The molecule has 0 atom stereocenters. The molecule has 114 valence electrons. The van der Waals surface area contributed by atoms with Crippen molar-refractivity contribution in [2.75, 3.05) is 7.11 Å². The van der Waals surface area contributed by atoms with Gasteiger partial charge in [-0.1, -0.05) is 30.0 Å². The van der Waals surface area contributed by atoms with Gasteiger partial charge in [0.2, 0.25) is 5.16 Å². The van der Waals surface area contributed by atoms with Gasteiger partial charge in [-0.3, -0.25) is 0 Å². The lowest BCUT2D eigenvalue weighted by atomic mass is 10.1. The van der Waals surface area contributed by atoms with Crippen LogP contribution in [0.15, 0.2) is 53.7 Å². The van der Waals surface area contributed by atoms with Crippen LogP contribution in [0.5, 0.6) is 5.75 Å². The summed E-state index contributed by atoms with van der Waals surface area (Å²) >= 11 is 1.49. The SMILES string of the molecule is COc1ccc(-n2nnnc2SCc2ccccc2C#N)cc1. The van der Waals surface area contributed by atoms with E-state index in [4.69, 9.17) is 10.00 Å². The van der Waals surface area contributed by atoms with E-state index < -0.39 is 0 Å². The minimum absolute atomic E-state index is 0.625. The summed E-state index contributed by atoms with van der Waals surface area (Å²) in [7, 11) is 1.62. The fourth-order valence-electron chi connectivity index (χ4n) is 2.05. The Hall–Kier alpha value is -2.85. The maximum Gasteiger partial charge on any atom is 0.214 e. The van der Waals surface area contributed by atoms with E-state index in [1.807, 2.05) is 48.5 Å². The number of thioether (sulfide) groups is 1. The van der Waals surface area contributed by atoms with Crippen LogP contribution in [0, 0.1) is 11.3 Å². The Kier molecular flexibility index (Phi) is 4.54. The Morgan fingerprint density at radius 3 is 2.70 bits per heavy atom. The van der Waals surface area contributed by atoms with Crippen LogP contribution >= 0.6 is 11.8 Å². The van der Waals surface area contributed by atoms with Gasteiger partial charge in [0, 0.05) is 5.75 Å². The van der Waals surface area contributed by atoms with Gasteiger partial charge in [-0.05, 0) is 46.3 Å². The van der Waals surface area contributed by atoms with Gasteiger partial charge in [-0.2, -0.15) is 9.94 Å². The molecule has 3 aromatic rings. The number of benzene rings is 2. The fraction of sp³-hybridized carbons (Fsp3) is 0.125. The maximum atomic E-state index is 9.14. The Labute approximate surface area is 137 Å². The molecular formula is C16H13N5OS. The van der Waals surface area contributed by atoms with E-state index in [2.05, 4.69) is 21.6 Å². The molecule has 0 unspecified atom stereocenters. The van der Waals surface area contributed by atoms with Gasteiger partial charge in [-0.25, -0.2) is 0 Å². The van der Waals surface area contributed by atoms with Crippen LogP contribution in [0.4, 0.5) is 0 Å². The molecule has 23 heavy (non-hydrogen) atoms. The quantitative estimate of drug-likeness (QED) is 0.672. The monoisotopic (exact) mass is 323 g/mol. The van der Waals surface area contributed by atoms with Crippen LogP contribution in [0.1, 0.15) is 11.1 Å². The van der Waals surface area contributed by atoms with Crippen molar-refractivity contribution in [2.45, 2.75) is 10.9 Å². The first-order valence-corrected chi connectivity index (χ1v) is 7.84. The molecule has 0 saturated carbocycles. The molecule has 0 N–H and O–H groups in total. The van der Waals surface area contributed by atoms with Crippen molar-refractivity contribution < 1.29 is 4.74 Å². The Morgan fingerprint density at radius 2 is 1.96 bits per heavy atom. The van der Waals surface area contributed by atoms with E-state index >= 15 is 0 Å². The summed E-state index contributed by atoms with van der Waals surface area (Å²) in [6.45, 7) is 0. The number of rotatable bonds is 5. The van der Waals surface area contributed by atoms with Crippen molar-refractivity contribution in [3.63, 3.8) is 0 Å². The second-order valence-electron chi connectivity index (χ2n) is 4.63. The number of ether oxygens (including phenoxy) is 1. The van der Waals surface area contributed by atoms with E-state index in [0.717, 1.165) is 17.0 Å². The van der Waals surface area contributed by atoms with Crippen LogP contribution in [0.3, 0.4) is 0 Å². The van der Waals surface area contributed by atoms with Crippen molar-refractivity contribution >= 4 is 11.8 Å². The number of methoxy groups -OCH3 is 1. The molecule has 0 bridgehead atoms. The van der Waals surface area contributed by atoms with E-state index in [1.54, 1.807) is 11.8 Å². The maximum absolute atomic E-state index is 9.14. The molecule has 0 aliphatic carbocycles. The molecular weight excluding hydrogens is 310 g/mol. The summed E-state index contributed by atoms with van der Waals surface area (Å²) in [4.78, 5) is 0. The first-order chi connectivity index (χ1) is 11.3. The summed E-state index contributed by atoms with van der Waals surface area (Å²) < 4.78 is 6.82. The number of hydrogen-bond donors (Lipinski definition) is 0. The molecule has 7 heteroatoms. The molecule has 2 aromatic carbocycles. The molecule has 0 fully saturated rings. The molecule has 1 heterocycles. The van der Waals surface area contributed by atoms with Gasteiger partial charge >= 0.3 is 0 Å². The zero-order chi connectivity index (χ0) is 16.1. The smallest absolute Gasteiger partial charge is 0.214 e. The molecule has 0 spiro atoms. The van der Waals surface area contributed by atoms with Crippen molar-refractivity contribution in [3.8, 4) is 17.5 Å². The van der Waals surface area contributed by atoms with Crippen LogP contribution in [0.25, 0.3) is 5.69 Å². The van der Waals surface area contributed by atoms with Crippen LogP contribution in [0.2, 0.25) is 0 Å². The normalized spacial score (nSPS) is 10.3. The molecule has 6 nitrogen and oxygen atoms in total. The fourth-order valence-corrected chi connectivity index (χ4v) is 2.95. The lowest BCUT2D eigenvalue weighted by Gasteiger charge is -2.06. The van der Waals surface area contributed by atoms with Gasteiger partial charge in [-0.15, -0.1) is 5.10 Å². The number of aromatic nitrogens is 4. The van der Waals surface area contributed by atoms with Crippen LogP contribution < -0.4 is 4.74 Å².